The number of carbonyl (C=O) groups is 1. The summed E-state index contributed by atoms with van der Waals surface area (Å²) in [5.74, 6) is 0.936. The zero-order valence-corrected chi connectivity index (χ0v) is 16.7. The summed E-state index contributed by atoms with van der Waals surface area (Å²) in [7, 11) is 0. The van der Waals surface area contributed by atoms with E-state index in [2.05, 4.69) is 66.2 Å². The third-order valence-corrected chi connectivity index (χ3v) is 6.15. The average Bonchev–Trinajstić information content (AvgIpc) is 3.08. The largest absolute Gasteiger partial charge is 0.299 e. The first-order chi connectivity index (χ1) is 14.2. The molecule has 0 spiro atoms. The van der Waals surface area contributed by atoms with Crippen molar-refractivity contribution in [2.45, 2.75) is 31.6 Å². The lowest BCUT2D eigenvalue weighted by Gasteiger charge is -2.24. The van der Waals surface area contributed by atoms with E-state index < -0.39 is 0 Å². The van der Waals surface area contributed by atoms with E-state index in [1.807, 2.05) is 30.5 Å². The number of pyridine rings is 1. The summed E-state index contributed by atoms with van der Waals surface area (Å²) in [5, 5.41) is 0. The summed E-state index contributed by atoms with van der Waals surface area (Å²) in [4.78, 5) is 17.7. The summed E-state index contributed by atoms with van der Waals surface area (Å²) >= 11 is 0. The Hall–Kier alpha value is -3.00. The smallest absolute Gasteiger partial charge is 0.136 e. The number of benzene rings is 2. The van der Waals surface area contributed by atoms with Crippen LogP contribution in [0.15, 0.2) is 85.6 Å². The van der Waals surface area contributed by atoms with Crippen LogP contribution in [-0.2, 0) is 17.6 Å². The van der Waals surface area contributed by atoms with E-state index in [0.717, 1.165) is 30.5 Å². The molecule has 2 aromatic carbocycles. The maximum absolute atomic E-state index is 13.0. The van der Waals surface area contributed by atoms with Crippen molar-refractivity contribution in [3.05, 3.63) is 108 Å². The van der Waals surface area contributed by atoms with Gasteiger partial charge in [0.15, 0.2) is 0 Å². The molecule has 1 fully saturated rings. The molecule has 1 saturated carbocycles. The van der Waals surface area contributed by atoms with E-state index in [0.29, 0.717) is 18.1 Å². The number of hydrogen-bond acceptors (Lipinski definition) is 2. The SMILES string of the molecule is C=Cc1ccc(CCC2C(=O)CC(Cc3ccccc3)C2c2ccccn2)cc1. The molecule has 0 N–H and O–H groups in total. The molecule has 0 saturated heterocycles. The number of nitrogens with zero attached hydrogens (tertiary/aromatic N) is 1. The Labute approximate surface area is 173 Å². The van der Waals surface area contributed by atoms with E-state index in [1.165, 1.54) is 11.1 Å². The molecule has 2 nitrogen and oxygen atoms in total. The van der Waals surface area contributed by atoms with Crippen LogP contribution in [0.1, 0.15) is 41.1 Å². The summed E-state index contributed by atoms with van der Waals surface area (Å²) in [6.07, 6.45) is 7.07. The summed E-state index contributed by atoms with van der Waals surface area (Å²) in [6.45, 7) is 3.81. The number of ketones is 1. The average molecular weight is 382 g/mol. The predicted octanol–water partition coefficient (Wildman–Crippen LogP) is 5.89. The third-order valence-electron chi connectivity index (χ3n) is 6.15. The van der Waals surface area contributed by atoms with Crippen molar-refractivity contribution in [3.8, 4) is 0 Å². The van der Waals surface area contributed by atoms with Crippen LogP contribution in [-0.4, -0.2) is 10.8 Å². The van der Waals surface area contributed by atoms with E-state index in [4.69, 9.17) is 0 Å². The lowest BCUT2D eigenvalue weighted by molar-refractivity contribution is -0.121. The summed E-state index contributed by atoms with van der Waals surface area (Å²) in [6, 6.07) is 25.1. The molecule has 1 aliphatic rings. The molecule has 3 unspecified atom stereocenters. The van der Waals surface area contributed by atoms with E-state index in [-0.39, 0.29) is 11.8 Å². The van der Waals surface area contributed by atoms with Gasteiger partial charge in [0.05, 0.1) is 0 Å². The van der Waals surface area contributed by atoms with Crippen molar-refractivity contribution in [2.24, 2.45) is 11.8 Å². The topological polar surface area (TPSA) is 30.0 Å². The lowest BCUT2D eigenvalue weighted by Crippen LogP contribution is -2.19. The van der Waals surface area contributed by atoms with Crippen LogP contribution in [0.4, 0.5) is 0 Å². The van der Waals surface area contributed by atoms with Crippen LogP contribution in [0.2, 0.25) is 0 Å². The van der Waals surface area contributed by atoms with Gasteiger partial charge in [0.25, 0.3) is 0 Å². The Morgan fingerprint density at radius 2 is 1.69 bits per heavy atom. The second-order valence-electron chi connectivity index (χ2n) is 7.99. The molecule has 0 bridgehead atoms. The minimum atomic E-state index is 0.0395. The number of carbonyl (C=O) groups excluding carboxylic acids is 1. The Bertz CT molecular complexity index is 947. The van der Waals surface area contributed by atoms with Gasteiger partial charge in [-0.15, -0.1) is 0 Å². The standard InChI is InChI=1S/C27H27NO/c1-2-20-11-13-21(14-12-20)15-16-24-26(29)19-23(18-22-8-4-3-5-9-22)27(24)25-10-6-7-17-28-25/h2-14,17,23-24,27H,1,15-16,18-19H2. The van der Waals surface area contributed by atoms with Crippen molar-refractivity contribution in [3.63, 3.8) is 0 Å². The van der Waals surface area contributed by atoms with Crippen LogP contribution >= 0.6 is 0 Å². The van der Waals surface area contributed by atoms with Crippen molar-refractivity contribution in [1.29, 1.82) is 0 Å². The maximum atomic E-state index is 13.0. The second-order valence-corrected chi connectivity index (χ2v) is 7.99. The zero-order chi connectivity index (χ0) is 20.1. The first-order valence-corrected chi connectivity index (χ1v) is 10.4. The number of hydrogen-bond donors (Lipinski definition) is 0. The van der Waals surface area contributed by atoms with Crippen molar-refractivity contribution >= 4 is 11.9 Å². The fourth-order valence-corrected chi connectivity index (χ4v) is 4.69. The van der Waals surface area contributed by atoms with Gasteiger partial charge in [0.1, 0.15) is 5.78 Å². The Morgan fingerprint density at radius 1 is 0.931 bits per heavy atom. The first kappa shape index (κ1) is 19.3. The molecular formula is C27H27NO. The highest BCUT2D eigenvalue weighted by molar-refractivity contribution is 5.85. The first-order valence-electron chi connectivity index (χ1n) is 10.4. The molecule has 1 heterocycles. The Morgan fingerprint density at radius 3 is 2.38 bits per heavy atom. The number of Topliss-reactive ketones (excluding diaryl/α,β-unsaturated/α-hetero) is 1. The zero-order valence-electron chi connectivity index (χ0n) is 16.7. The van der Waals surface area contributed by atoms with Crippen molar-refractivity contribution in [1.82, 2.24) is 4.98 Å². The van der Waals surface area contributed by atoms with Gasteiger partial charge in [0, 0.05) is 30.1 Å². The fraction of sp³-hybridized carbons (Fsp3) is 0.259. The number of aromatic nitrogens is 1. The second kappa shape index (κ2) is 9.00. The molecular weight excluding hydrogens is 354 g/mol. The highest BCUT2D eigenvalue weighted by Crippen LogP contribution is 2.45. The fourth-order valence-electron chi connectivity index (χ4n) is 4.69. The van der Waals surface area contributed by atoms with Crippen LogP contribution < -0.4 is 0 Å². The molecule has 146 valence electrons. The van der Waals surface area contributed by atoms with Crippen LogP contribution in [0.3, 0.4) is 0 Å². The maximum Gasteiger partial charge on any atom is 0.136 e. The normalized spacial score (nSPS) is 21.2. The molecule has 1 aliphatic carbocycles. The number of rotatable bonds is 7. The van der Waals surface area contributed by atoms with Gasteiger partial charge in [-0.25, -0.2) is 0 Å². The Balaban J connectivity index is 1.55. The minimum Gasteiger partial charge on any atom is -0.299 e. The van der Waals surface area contributed by atoms with Crippen LogP contribution in [0.5, 0.6) is 0 Å². The van der Waals surface area contributed by atoms with Crippen molar-refractivity contribution in [2.75, 3.05) is 0 Å². The molecule has 0 aliphatic heterocycles. The monoisotopic (exact) mass is 381 g/mol. The quantitative estimate of drug-likeness (QED) is 0.511. The summed E-state index contributed by atoms with van der Waals surface area (Å²) in [5.41, 5.74) is 4.76. The molecule has 3 aromatic rings. The van der Waals surface area contributed by atoms with Gasteiger partial charge in [0.2, 0.25) is 0 Å². The molecule has 0 radical (unpaired) electrons. The van der Waals surface area contributed by atoms with Gasteiger partial charge >= 0.3 is 0 Å². The predicted molar refractivity (Wildman–Crippen MR) is 119 cm³/mol. The van der Waals surface area contributed by atoms with E-state index in [1.54, 1.807) is 0 Å². The van der Waals surface area contributed by atoms with E-state index in [9.17, 15) is 4.79 Å². The van der Waals surface area contributed by atoms with Gasteiger partial charge in [-0.3, -0.25) is 9.78 Å². The van der Waals surface area contributed by atoms with Gasteiger partial charge < -0.3 is 0 Å². The van der Waals surface area contributed by atoms with Crippen LogP contribution in [0, 0.1) is 11.8 Å². The molecule has 4 rings (SSSR count). The van der Waals surface area contributed by atoms with Gasteiger partial charge in [-0.05, 0) is 54.0 Å². The Kier molecular flexibility index (Phi) is 6.00. The number of aryl methyl sites for hydroxylation is 1. The molecule has 29 heavy (non-hydrogen) atoms. The van der Waals surface area contributed by atoms with Gasteiger partial charge in [-0.2, -0.15) is 0 Å². The molecule has 0 amide bonds. The molecule has 3 atom stereocenters. The molecule has 2 heteroatoms. The lowest BCUT2D eigenvalue weighted by atomic mass is 9.80. The summed E-state index contributed by atoms with van der Waals surface area (Å²) < 4.78 is 0. The molecule has 1 aromatic heterocycles. The van der Waals surface area contributed by atoms with Gasteiger partial charge in [-0.1, -0.05) is 73.3 Å². The minimum absolute atomic E-state index is 0.0395. The highest BCUT2D eigenvalue weighted by atomic mass is 16.1. The third kappa shape index (κ3) is 4.54. The highest BCUT2D eigenvalue weighted by Gasteiger charge is 2.43. The van der Waals surface area contributed by atoms with Crippen LogP contribution in [0.25, 0.3) is 6.08 Å². The van der Waals surface area contributed by atoms with E-state index >= 15 is 0 Å². The van der Waals surface area contributed by atoms with Crippen molar-refractivity contribution < 1.29 is 4.79 Å².